The van der Waals surface area contributed by atoms with Gasteiger partial charge in [0.2, 0.25) is 0 Å². The minimum atomic E-state index is -0.552. The molecule has 4 fully saturated rings. The zero-order chi connectivity index (χ0) is 24.2. The van der Waals surface area contributed by atoms with E-state index in [9.17, 15) is 9.59 Å². The molecule has 2 amide bonds. The molecule has 4 saturated carbocycles. The van der Waals surface area contributed by atoms with Crippen LogP contribution in [0.2, 0.25) is 0 Å². The van der Waals surface area contributed by atoms with Crippen LogP contribution in [0, 0.1) is 23.2 Å². The van der Waals surface area contributed by atoms with Crippen LogP contribution < -0.4 is 10.8 Å². The second-order valence-electron chi connectivity index (χ2n) is 11.1. The highest BCUT2D eigenvalue weighted by atomic mass is 79.9. The van der Waals surface area contributed by atoms with Gasteiger partial charge in [-0.1, -0.05) is 6.07 Å². The Hall–Kier alpha value is -2.64. The van der Waals surface area contributed by atoms with Gasteiger partial charge in [-0.3, -0.25) is 14.8 Å². The monoisotopic (exact) mass is 535 g/mol. The number of benzene rings is 2. The third kappa shape index (κ3) is 4.29. The number of carbonyl (C=O) groups excluding carboxylic acids is 2. The molecule has 3 N–H and O–H groups in total. The summed E-state index contributed by atoms with van der Waals surface area (Å²) in [4.78, 5) is 24.8. The molecule has 6 nitrogen and oxygen atoms in total. The standard InChI is InChI=1S/C28H30BrN3O3/c29-24-10-17(1-3-23(24)27(34)31-35)15-32-6-5-21-11-22(2-4-25(21)32)26(33)30-16-28-12-18-7-19(13-28)9-20(8-18)14-28/h1-6,10-11,18-20,35H,7-9,12-16H2,(H,30,33)(H,31,34). The topological polar surface area (TPSA) is 83.4 Å². The normalized spacial score (nSPS) is 26.7. The van der Waals surface area contributed by atoms with Gasteiger partial charge in [-0.2, -0.15) is 0 Å². The Morgan fingerprint density at radius 2 is 1.69 bits per heavy atom. The van der Waals surface area contributed by atoms with E-state index in [2.05, 4.69) is 25.8 Å². The van der Waals surface area contributed by atoms with Crippen LogP contribution >= 0.6 is 15.9 Å². The van der Waals surface area contributed by atoms with Gasteiger partial charge in [-0.25, -0.2) is 5.48 Å². The van der Waals surface area contributed by atoms with Gasteiger partial charge < -0.3 is 9.88 Å². The van der Waals surface area contributed by atoms with E-state index >= 15 is 0 Å². The molecule has 7 heteroatoms. The van der Waals surface area contributed by atoms with Gasteiger partial charge in [-0.15, -0.1) is 0 Å². The van der Waals surface area contributed by atoms with Crippen LogP contribution in [0.25, 0.3) is 10.9 Å². The van der Waals surface area contributed by atoms with Gasteiger partial charge in [0.05, 0.1) is 5.56 Å². The van der Waals surface area contributed by atoms with Crippen LogP contribution in [-0.4, -0.2) is 28.1 Å². The smallest absolute Gasteiger partial charge is 0.275 e. The lowest BCUT2D eigenvalue weighted by Crippen LogP contribution is -2.51. The summed E-state index contributed by atoms with van der Waals surface area (Å²) in [5, 5.41) is 13.2. The van der Waals surface area contributed by atoms with E-state index in [0.717, 1.165) is 40.8 Å². The van der Waals surface area contributed by atoms with E-state index in [1.54, 1.807) is 11.5 Å². The molecule has 35 heavy (non-hydrogen) atoms. The molecule has 182 valence electrons. The van der Waals surface area contributed by atoms with Crippen molar-refractivity contribution in [3.05, 3.63) is 69.8 Å². The molecule has 0 atom stereocenters. The molecular formula is C28H30BrN3O3. The largest absolute Gasteiger partial charge is 0.351 e. The summed E-state index contributed by atoms with van der Waals surface area (Å²) in [6.45, 7) is 1.44. The van der Waals surface area contributed by atoms with E-state index in [0.29, 0.717) is 27.6 Å². The van der Waals surface area contributed by atoms with E-state index in [4.69, 9.17) is 5.21 Å². The van der Waals surface area contributed by atoms with Crippen LogP contribution in [0.5, 0.6) is 0 Å². The summed E-state index contributed by atoms with van der Waals surface area (Å²) in [5.41, 5.74) is 5.14. The Balaban J connectivity index is 1.14. The minimum absolute atomic E-state index is 0.0251. The number of carbonyl (C=O) groups is 2. The first kappa shape index (κ1) is 22.8. The number of nitrogens with zero attached hydrogens (tertiary/aromatic N) is 1. The van der Waals surface area contributed by atoms with Crippen molar-refractivity contribution in [2.75, 3.05) is 6.54 Å². The zero-order valence-corrected chi connectivity index (χ0v) is 21.2. The summed E-state index contributed by atoms with van der Waals surface area (Å²) in [6.07, 6.45) is 10.2. The molecule has 4 bridgehead atoms. The molecule has 0 unspecified atom stereocenters. The highest BCUT2D eigenvalue weighted by Gasteiger charge is 2.50. The molecule has 0 spiro atoms. The molecule has 0 saturated heterocycles. The number of hydroxylamine groups is 1. The Morgan fingerprint density at radius 1 is 0.971 bits per heavy atom. The molecule has 1 heterocycles. The van der Waals surface area contributed by atoms with E-state index in [-0.39, 0.29) is 5.91 Å². The van der Waals surface area contributed by atoms with Gasteiger partial charge in [0.1, 0.15) is 0 Å². The third-order valence-corrected chi connectivity index (χ3v) is 9.21. The molecule has 1 aromatic heterocycles. The molecular weight excluding hydrogens is 506 g/mol. The first-order valence-corrected chi connectivity index (χ1v) is 13.3. The van der Waals surface area contributed by atoms with Crippen molar-refractivity contribution in [3.63, 3.8) is 0 Å². The second-order valence-corrected chi connectivity index (χ2v) is 11.9. The van der Waals surface area contributed by atoms with Crippen LogP contribution in [0.15, 0.2) is 53.1 Å². The average Bonchev–Trinajstić information content (AvgIpc) is 3.23. The molecule has 2 aromatic carbocycles. The SMILES string of the molecule is O=C(NCC12CC3CC(CC(C3)C1)C2)c1ccc2c(ccn2Cc2ccc(C(=O)NO)c(Br)c2)c1. The Labute approximate surface area is 213 Å². The number of fused-ring (bicyclic) bond motifs is 1. The van der Waals surface area contributed by atoms with Crippen molar-refractivity contribution in [2.24, 2.45) is 23.2 Å². The summed E-state index contributed by atoms with van der Waals surface area (Å²) in [7, 11) is 0. The number of halogens is 1. The quantitative estimate of drug-likeness (QED) is 0.287. The Morgan fingerprint density at radius 3 is 2.34 bits per heavy atom. The molecule has 4 aliphatic carbocycles. The van der Waals surface area contributed by atoms with Crippen LogP contribution in [-0.2, 0) is 6.54 Å². The van der Waals surface area contributed by atoms with Crippen molar-refractivity contribution >= 4 is 38.6 Å². The molecule has 3 aromatic rings. The van der Waals surface area contributed by atoms with Crippen LogP contribution in [0.1, 0.15) is 64.8 Å². The predicted octanol–water partition coefficient (Wildman–Crippen LogP) is 5.52. The van der Waals surface area contributed by atoms with Gasteiger partial charge in [0, 0.05) is 40.2 Å². The van der Waals surface area contributed by atoms with Crippen LogP contribution in [0.3, 0.4) is 0 Å². The lowest BCUT2D eigenvalue weighted by molar-refractivity contribution is -0.0503. The zero-order valence-electron chi connectivity index (χ0n) is 19.6. The van der Waals surface area contributed by atoms with E-state index < -0.39 is 5.91 Å². The first-order chi connectivity index (χ1) is 16.9. The highest BCUT2D eigenvalue weighted by molar-refractivity contribution is 9.10. The summed E-state index contributed by atoms with van der Waals surface area (Å²) < 4.78 is 2.75. The number of nitrogens with one attached hydrogen (secondary N) is 2. The number of amides is 2. The molecule has 0 radical (unpaired) electrons. The lowest BCUT2D eigenvalue weighted by atomic mass is 9.49. The number of rotatable bonds is 6. The maximum atomic E-state index is 13.1. The molecule has 0 aliphatic heterocycles. The number of hydrogen-bond donors (Lipinski definition) is 3. The van der Waals surface area contributed by atoms with Crippen molar-refractivity contribution in [3.8, 4) is 0 Å². The summed E-state index contributed by atoms with van der Waals surface area (Å²) in [6, 6.07) is 13.4. The van der Waals surface area contributed by atoms with E-state index in [1.807, 2.05) is 42.6 Å². The lowest BCUT2D eigenvalue weighted by Gasteiger charge is -2.56. The molecule has 4 aliphatic rings. The first-order valence-electron chi connectivity index (χ1n) is 12.5. The van der Waals surface area contributed by atoms with Crippen molar-refractivity contribution in [2.45, 2.75) is 45.1 Å². The van der Waals surface area contributed by atoms with Gasteiger partial charge in [0.25, 0.3) is 11.8 Å². The minimum Gasteiger partial charge on any atom is -0.351 e. The second kappa shape index (κ2) is 8.79. The van der Waals surface area contributed by atoms with Crippen LogP contribution in [0.4, 0.5) is 0 Å². The van der Waals surface area contributed by atoms with E-state index in [1.165, 1.54) is 38.5 Å². The van der Waals surface area contributed by atoms with Crippen molar-refractivity contribution in [1.82, 2.24) is 15.4 Å². The third-order valence-electron chi connectivity index (χ3n) is 8.55. The number of hydrogen-bond acceptors (Lipinski definition) is 3. The highest BCUT2D eigenvalue weighted by Crippen LogP contribution is 2.59. The fourth-order valence-electron chi connectivity index (χ4n) is 7.45. The van der Waals surface area contributed by atoms with Gasteiger partial charge in [0.15, 0.2) is 0 Å². The van der Waals surface area contributed by atoms with Crippen molar-refractivity contribution in [1.29, 1.82) is 0 Å². The average molecular weight is 536 g/mol. The van der Waals surface area contributed by atoms with Crippen molar-refractivity contribution < 1.29 is 14.8 Å². The number of aromatic nitrogens is 1. The Bertz CT molecular complexity index is 1280. The van der Waals surface area contributed by atoms with Gasteiger partial charge >= 0.3 is 0 Å². The maximum Gasteiger partial charge on any atom is 0.275 e. The predicted molar refractivity (Wildman–Crippen MR) is 137 cm³/mol. The maximum absolute atomic E-state index is 13.1. The molecule has 7 rings (SSSR count). The summed E-state index contributed by atoms with van der Waals surface area (Å²) in [5.74, 6) is 2.13. The summed E-state index contributed by atoms with van der Waals surface area (Å²) >= 11 is 3.41. The Kier molecular flexibility index (Phi) is 5.72. The fourth-order valence-corrected chi connectivity index (χ4v) is 8.06. The van der Waals surface area contributed by atoms with Gasteiger partial charge in [-0.05, 0) is 120 Å². The fraction of sp³-hybridized carbons (Fsp3) is 0.429.